The standard InChI is InChI=1S/C23H34N2O4/c1-15-14-24-19(13-23(15,2)17-10-7-11-18(26)12-17)21(27)25-20(22(28)29-3)16-8-5-4-6-9-16/h7,10-12,15-16,19-20,24,26H,4-6,8-9,13-14H2,1-3H3,(H,25,27)/t15-,19+,20-,23+/m0/s1. The van der Waals surface area contributed by atoms with Crippen LogP contribution in [0.25, 0.3) is 0 Å². The molecule has 1 aromatic rings. The van der Waals surface area contributed by atoms with E-state index >= 15 is 0 Å². The van der Waals surface area contributed by atoms with Crippen molar-refractivity contribution < 1.29 is 19.4 Å². The van der Waals surface area contributed by atoms with Crippen molar-refractivity contribution in [1.29, 1.82) is 0 Å². The first-order valence-corrected chi connectivity index (χ1v) is 10.8. The van der Waals surface area contributed by atoms with Crippen molar-refractivity contribution in [2.45, 2.75) is 69.9 Å². The topological polar surface area (TPSA) is 87.7 Å². The highest BCUT2D eigenvalue weighted by molar-refractivity contribution is 5.88. The van der Waals surface area contributed by atoms with Gasteiger partial charge in [-0.2, -0.15) is 0 Å². The van der Waals surface area contributed by atoms with E-state index < -0.39 is 12.1 Å². The van der Waals surface area contributed by atoms with Gasteiger partial charge < -0.3 is 20.5 Å². The number of piperidine rings is 1. The van der Waals surface area contributed by atoms with Crippen molar-refractivity contribution in [3.8, 4) is 5.75 Å². The highest BCUT2D eigenvalue weighted by Gasteiger charge is 2.43. The number of nitrogens with one attached hydrogen (secondary N) is 2. The number of phenolic OH excluding ortho intramolecular Hbond substituents is 1. The minimum Gasteiger partial charge on any atom is -0.508 e. The molecule has 0 spiro atoms. The first kappa shape index (κ1) is 21.6. The fourth-order valence-electron chi connectivity index (χ4n) is 4.91. The predicted octanol–water partition coefficient (Wildman–Crippen LogP) is 2.89. The maximum absolute atomic E-state index is 13.1. The smallest absolute Gasteiger partial charge is 0.328 e. The monoisotopic (exact) mass is 402 g/mol. The summed E-state index contributed by atoms with van der Waals surface area (Å²) in [5.74, 6) is 0.163. The van der Waals surface area contributed by atoms with Crippen LogP contribution in [0.2, 0.25) is 0 Å². The maximum atomic E-state index is 13.1. The van der Waals surface area contributed by atoms with Crippen LogP contribution in [0.15, 0.2) is 24.3 Å². The quantitative estimate of drug-likeness (QED) is 0.659. The van der Waals surface area contributed by atoms with E-state index in [-0.39, 0.29) is 29.0 Å². The molecule has 4 atom stereocenters. The molecule has 1 saturated carbocycles. The van der Waals surface area contributed by atoms with E-state index in [1.54, 1.807) is 12.1 Å². The summed E-state index contributed by atoms with van der Waals surface area (Å²) in [6.07, 6.45) is 5.84. The summed E-state index contributed by atoms with van der Waals surface area (Å²) in [6.45, 7) is 4.99. The average Bonchev–Trinajstić information content (AvgIpc) is 2.74. The first-order valence-electron chi connectivity index (χ1n) is 10.8. The fourth-order valence-corrected chi connectivity index (χ4v) is 4.91. The van der Waals surface area contributed by atoms with Crippen molar-refractivity contribution in [3.05, 3.63) is 29.8 Å². The van der Waals surface area contributed by atoms with Gasteiger partial charge in [0, 0.05) is 0 Å². The van der Waals surface area contributed by atoms with Gasteiger partial charge in [-0.25, -0.2) is 4.79 Å². The van der Waals surface area contributed by atoms with Gasteiger partial charge in [-0.15, -0.1) is 0 Å². The number of benzene rings is 1. The Balaban J connectivity index is 1.74. The van der Waals surface area contributed by atoms with Gasteiger partial charge in [0.15, 0.2) is 0 Å². The number of esters is 1. The van der Waals surface area contributed by atoms with Gasteiger partial charge in [0.05, 0.1) is 13.2 Å². The van der Waals surface area contributed by atoms with Gasteiger partial charge in [0.1, 0.15) is 11.8 Å². The molecule has 1 aromatic carbocycles. The molecule has 3 N–H and O–H groups in total. The van der Waals surface area contributed by atoms with E-state index in [0.717, 1.165) is 31.2 Å². The Labute approximate surface area is 173 Å². The zero-order chi connectivity index (χ0) is 21.0. The Morgan fingerprint density at radius 2 is 2.00 bits per heavy atom. The molecule has 1 heterocycles. The number of hydrogen-bond acceptors (Lipinski definition) is 5. The highest BCUT2D eigenvalue weighted by Crippen LogP contribution is 2.40. The molecular formula is C23H34N2O4. The molecule has 0 radical (unpaired) electrons. The summed E-state index contributed by atoms with van der Waals surface area (Å²) in [7, 11) is 1.38. The van der Waals surface area contributed by atoms with E-state index in [1.165, 1.54) is 13.5 Å². The molecule has 2 fully saturated rings. The maximum Gasteiger partial charge on any atom is 0.328 e. The van der Waals surface area contributed by atoms with E-state index in [2.05, 4.69) is 24.5 Å². The second-order valence-electron chi connectivity index (χ2n) is 8.94. The second-order valence-corrected chi connectivity index (χ2v) is 8.94. The minimum atomic E-state index is -0.582. The van der Waals surface area contributed by atoms with Gasteiger partial charge in [-0.1, -0.05) is 45.2 Å². The van der Waals surface area contributed by atoms with Crippen LogP contribution in [0.5, 0.6) is 5.75 Å². The van der Waals surface area contributed by atoms with Gasteiger partial charge in [-0.05, 0) is 60.8 Å². The van der Waals surface area contributed by atoms with E-state index in [0.29, 0.717) is 18.9 Å². The van der Waals surface area contributed by atoms with Crippen molar-refractivity contribution in [2.24, 2.45) is 11.8 Å². The van der Waals surface area contributed by atoms with Crippen molar-refractivity contribution in [1.82, 2.24) is 10.6 Å². The number of ether oxygens (including phenoxy) is 1. The molecule has 2 aliphatic rings. The lowest BCUT2D eigenvalue weighted by atomic mass is 9.66. The minimum absolute atomic E-state index is 0.139. The summed E-state index contributed by atoms with van der Waals surface area (Å²) in [5.41, 5.74) is 0.776. The van der Waals surface area contributed by atoms with Crippen LogP contribution in [0.3, 0.4) is 0 Å². The number of phenols is 1. The lowest BCUT2D eigenvalue weighted by molar-refractivity contribution is -0.147. The molecule has 1 saturated heterocycles. The molecule has 3 rings (SSSR count). The largest absolute Gasteiger partial charge is 0.508 e. The number of methoxy groups -OCH3 is 1. The van der Waals surface area contributed by atoms with Crippen LogP contribution >= 0.6 is 0 Å². The third-order valence-corrected chi connectivity index (χ3v) is 7.08. The van der Waals surface area contributed by atoms with Crippen LogP contribution in [-0.2, 0) is 19.7 Å². The van der Waals surface area contributed by atoms with Gasteiger partial charge in [-0.3, -0.25) is 4.79 Å². The third-order valence-electron chi connectivity index (χ3n) is 7.08. The lowest BCUT2D eigenvalue weighted by Crippen LogP contribution is -2.59. The fraction of sp³-hybridized carbons (Fsp3) is 0.652. The molecule has 0 aromatic heterocycles. The van der Waals surface area contributed by atoms with Crippen LogP contribution in [0.1, 0.15) is 57.9 Å². The molecule has 29 heavy (non-hydrogen) atoms. The van der Waals surface area contributed by atoms with Gasteiger partial charge in [0.2, 0.25) is 5.91 Å². The van der Waals surface area contributed by atoms with Crippen LogP contribution in [0.4, 0.5) is 0 Å². The third kappa shape index (κ3) is 4.74. The Morgan fingerprint density at radius 3 is 2.66 bits per heavy atom. The van der Waals surface area contributed by atoms with E-state index in [4.69, 9.17) is 4.74 Å². The molecule has 1 aliphatic heterocycles. The van der Waals surface area contributed by atoms with Gasteiger partial charge >= 0.3 is 5.97 Å². The van der Waals surface area contributed by atoms with E-state index in [9.17, 15) is 14.7 Å². The molecule has 0 bridgehead atoms. The highest BCUT2D eigenvalue weighted by atomic mass is 16.5. The predicted molar refractivity (Wildman–Crippen MR) is 112 cm³/mol. The second kappa shape index (κ2) is 9.16. The normalized spacial score (nSPS) is 29.1. The number of hydrogen-bond donors (Lipinski definition) is 3. The summed E-state index contributed by atoms with van der Waals surface area (Å²) in [5, 5.41) is 16.3. The Bertz CT molecular complexity index is 731. The molecule has 6 heteroatoms. The zero-order valence-corrected chi connectivity index (χ0v) is 17.7. The SMILES string of the molecule is COC(=O)[C@@H](NC(=O)[C@H]1C[C@@](C)(c2cccc(O)c2)[C@@H](C)CN1)C1CCCCC1. The Hall–Kier alpha value is -2.08. The summed E-state index contributed by atoms with van der Waals surface area (Å²) < 4.78 is 4.99. The van der Waals surface area contributed by atoms with Crippen molar-refractivity contribution >= 4 is 11.9 Å². The molecule has 160 valence electrons. The zero-order valence-electron chi connectivity index (χ0n) is 17.7. The number of aromatic hydroxyl groups is 1. The van der Waals surface area contributed by atoms with Crippen LogP contribution in [-0.4, -0.2) is 42.7 Å². The molecule has 1 amide bonds. The van der Waals surface area contributed by atoms with Crippen LogP contribution < -0.4 is 10.6 Å². The average molecular weight is 403 g/mol. The summed E-state index contributed by atoms with van der Waals surface area (Å²) >= 11 is 0. The van der Waals surface area contributed by atoms with E-state index in [1.807, 2.05) is 12.1 Å². The molecule has 6 nitrogen and oxygen atoms in total. The number of amides is 1. The number of carbonyl (C=O) groups excluding carboxylic acids is 2. The summed E-state index contributed by atoms with van der Waals surface area (Å²) in [6, 6.07) is 6.32. The molecular weight excluding hydrogens is 368 g/mol. The molecule has 1 aliphatic carbocycles. The number of rotatable bonds is 5. The Kier molecular flexibility index (Phi) is 6.83. The van der Waals surface area contributed by atoms with Crippen molar-refractivity contribution in [3.63, 3.8) is 0 Å². The Morgan fingerprint density at radius 1 is 1.28 bits per heavy atom. The van der Waals surface area contributed by atoms with Crippen LogP contribution in [0, 0.1) is 11.8 Å². The first-order chi connectivity index (χ1) is 13.8. The number of carbonyl (C=O) groups is 2. The lowest BCUT2D eigenvalue weighted by Gasteiger charge is -2.44. The van der Waals surface area contributed by atoms with Crippen molar-refractivity contribution in [2.75, 3.05) is 13.7 Å². The van der Waals surface area contributed by atoms with Gasteiger partial charge in [0.25, 0.3) is 0 Å². The molecule has 0 unspecified atom stereocenters. The summed E-state index contributed by atoms with van der Waals surface area (Å²) in [4.78, 5) is 25.5.